The number of nitrogens with one attached hydrogen (secondary N) is 2. The lowest BCUT2D eigenvalue weighted by atomic mass is 10.0. The van der Waals surface area contributed by atoms with Gasteiger partial charge in [0.25, 0.3) is 0 Å². The van der Waals surface area contributed by atoms with Crippen LogP contribution in [-0.4, -0.2) is 25.2 Å². The van der Waals surface area contributed by atoms with Crippen molar-refractivity contribution in [1.82, 2.24) is 10.6 Å². The third kappa shape index (κ3) is 0.956. The molecule has 2 heterocycles. The van der Waals surface area contributed by atoms with Gasteiger partial charge in [0, 0.05) is 18.6 Å². The van der Waals surface area contributed by atoms with E-state index in [2.05, 4.69) is 17.6 Å². The highest BCUT2D eigenvalue weighted by atomic mass is 15.1. The summed E-state index contributed by atoms with van der Waals surface area (Å²) in [6.45, 7) is 4.71. The minimum atomic E-state index is 0.796. The van der Waals surface area contributed by atoms with Crippen LogP contribution in [0.1, 0.15) is 19.8 Å². The fourth-order valence-electron chi connectivity index (χ4n) is 2.20. The molecule has 2 saturated heterocycles. The van der Waals surface area contributed by atoms with Crippen LogP contribution in [0.25, 0.3) is 0 Å². The van der Waals surface area contributed by atoms with Crippen molar-refractivity contribution in [2.24, 2.45) is 5.92 Å². The quantitative estimate of drug-likeness (QED) is 0.549. The van der Waals surface area contributed by atoms with Gasteiger partial charge in [0.15, 0.2) is 0 Å². The summed E-state index contributed by atoms with van der Waals surface area (Å²) in [6.07, 6.45) is 2.70. The van der Waals surface area contributed by atoms with Crippen LogP contribution >= 0.6 is 0 Å². The molecule has 0 aromatic heterocycles. The Bertz CT molecular complexity index is 112. The molecular weight excluding hydrogens is 124 g/mol. The van der Waals surface area contributed by atoms with E-state index in [9.17, 15) is 0 Å². The molecule has 0 aromatic carbocycles. The van der Waals surface area contributed by atoms with Gasteiger partial charge in [0.05, 0.1) is 0 Å². The molecule has 58 valence electrons. The first-order chi connectivity index (χ1) is 4.90. The van der Waals surface area contributed by atoms with E-state index in [0.29, 0.717) is 0 Å². The standard InChI is InChI=1S/C8H16N2/c1-2-7-3-6-4-9-5-8(6)10-7/h6-10H,2-5H2,1H3/t6-,7-,8+/m1/s1. The zero-order valence-corrected chi connectivity index (χ0v) is 6.56. The third-order valence-electron chi connectivity index (χ3n) is 2.87. The number of rotatable bonds is 1. The van der Waals surface area contributed by atoms with E-state index in [4.69, 9.17) is 0 Å². The van der Waals surface area contributed by atoms with Gasteiger partial charge in [-0.3, -0.25) is 0 Å². The van der Waals surface area contributed by atoms with Gasteiger partial charge in [0.2, 0.25) is 0 Å². The minimum Gasteiger partial charge on any atom is -0.315 e. The van der Waals surface area contributed by atoms with Crippen LogP contribution < -0.4 is 10.6 Å². The largest absolute Gasteiger partial charge is 0.315 e. The Morgan fingerprint density at radius 2 is 2.30 bits per heavy atom. The van der Waals surface area contributed by atoms with Crippen LogP contribution in [0.15, 0.2) is 0 Å². The first-order valence-corrected chi connectivity index (χ1v) is 4.37. The van der Waals surface area contributed by atoms with E-state index >= 15 is 0 Å². The van der Waals surface area contributed by atoms with Crippen LogP contribution in [0.3, 0.4) is 0 Å². The van der Waals surface area contributed by atoms with Gasteiger partial charge in [-0.05, 0) is 25.3 Å². The van der Waals surface area contributed by atoms with E-state index in [0.717, 1.165) is 18.0 Å². The molecule has 2 aliphatic rings. The zero-order valence-electron chi connectivity index (χ0n) is 6.56. The Hall–Kier alpha value is -0.0800. The Morgan fingerprint density at radius 3 is 3.00 bits per heavy atom. The number of hydrogen-bond donors (Lipinski definition) is 2. The van der Waals surface area contributed by atoms with Crippen molar-refractivity contribution < 1.29 is 0 Å². The van der Waals surface area contributed by atoms with E-state index in [-0.39, 0.29) is 0 Å². The van der Waals surface area contributed by atoms with Crippen LogP contribution in [0.5, 0.6) is 0 Å². The normalized spacial score (nSPS) is 45.9. The average molecular weight is 140 g/mol. The van der Waals surface area contributed by atoms with Crippen molar-refractivity contribution >= 4 is 0 Å². The molecule has 0 radical (unpaired) electrons. The van der Waals surface area contributed by atoms with Gasteiger partial charge in [-0.25, -0.2) is 0 Å². The van der Waals surface area contributed by atoms with Gasteiger partial charge < -0.3 is 10.6 Å². The summed E-state index contributed by atoms with van der Waals surface area (Å²) in [5.41, 5.74) is 0. The van der Waals surface area contributed by atoms with Gasteiger partial charge in [0.1, 0.15) is 0 Å². The van der Waals surface area contributed by atoms with E-state index in [1.807, 2.05) is 0 Å². The van der Waals surface area contributed by atoms with Gasteiger partial charge >= 0.3 is 0 Å². The summed E-state index contributed by atoms with van der Waals surface area (Å²) >= 11 is 0. The first kappa shape index (κ1) is 6.62. The van der Waals surface area contributed by atoms with E-state index < -0.39 is 0 Å². The second-order valence-corrected chi connectivity index (χ2v) is 3.53. The molecule has 2 N–H and O–H groups in total. The highest BCUT2D eigenvalue weighted by Gasteiger charge is 2.35. The Morgan fingerprint density at radius 1 is 1.40 bits per heavy atom. The summed E-state index contributed by atoms with van der Waals surface area (Å²) in [7, 11) is 0. The van der Waals surface area contributed by atoms with Crippen LogP contribution in [0.4, 0.5) is 0 Å². The Labute approximate surface area is 62.4 Å². The topological polar surface area (TPSA) is 24.1 Å². The molecule has 2 aliphatic heterocycles. The lowest BCUT2D eigenvalue weighted by molar-refractivity contribution is 0.525. The first-order valence-electron chi connectivity index (χ1n) is 4.37. The predicted octanol–water partition coefficient (Wildman–Crippen LogP) is 0.346. The van der Waals surface area contributed by atoms with Crippen molar-refractivity contribution in [3.63, 3.8) is 0 Å². The lowest BCUT2D eigenvalue weighted by Gasteiger charge is -2.09. The minimum absolute atomic E-state index is 0.796. The van der Waals surface area contributed by atoms with E-state index in [1.165, 1.54) is 25.9 Å². The molecule has 0 amide bonds. The number of hydrogen-bond acceptors (Lipinski definition) is 2. The summed E-state index contributed by atoms with van der Waals surface area (Å²) < 4.78 is 0. The van der Waals surface area contributed by atoms with Crippen LogP contribution in [0, 0.1) is 5.92 Å². The maximum absolute atomic E-state index is 3.64. The monoisotopic (exact) mass is 140 g/mol. The third-order valence-corrected chi connectivity index (χ3v) is 2.87. The molecular formula is C8H16N2. The maximum atomic E-state index is 3.64. The van der Waals surface area contributed by atoms with Gasteiger partial charge in [-0.15, -0.1) is 0 Å². The highest BCUT2D eigenvalue weighted by molar-refractivity contribution is 4.96. The smallest absolute Gasteiger partial charge is 0.0235 e. The van der Waals surface area contributed by atoms with E-state index in [1.54, 1.807) is 0 Å². The summed E-state index contributed by atoms with van der Waals surface area (Å²) in [5, 5.41) is 7.05. The number of fused-ring (bicyclic) bond motifs is 1. The van der Waals surface area contributed by atoms with Gasteiger partial charge in [-0.2, -0.15) is 0 Å². The molecule has 2 fully saturated rings. The SMILES string of the molecule is CC[C@@H]1C[C@@H]2CNC[C@@H]2N1. The summed E-state index contributed by atoms with van der Waals surface area (Å²) in [5.74, 6) is 0.935. The van der Waals surface area contributed by atoms with Crippen molar-refractivity contribution in [3.8, 4) is 0 Å². The fourth-order valence-corrected chi connectivity index (χ4v) is 2.20. The zero-order chi connectivity index (χ0) is 6.97. The van der Waals surface area contributed by atoms with Crippen molar-refractivity contribution in [3.05, 3.63) is 0 Å². The predicted molar refractivity (Wildman–Crippen MR) is 42.0 cm³/mol. The Balaban J connectivity index is 1.94. The molecule has 0 spiro atoms. The molecule has 0 aliphatic carbocycles. The summed E-state index contributed by atoms with van der Waals surface area (Å²) in [6, 6.07) is 1.61. The molecule has 3 atom stereocenters. The average Bonchev–Trinajstić information content (AvgIpc) is 2.42. The molecule has 2 heteroatoms. The molecule has 0 unspecified atom stereocenters. The molecule has 0 saturated carbocycles. The Kier molecular flexibility index (Phi) is 1.66. The van der Waals surface area contributed by atoms with Crippen molar-refractivity contribution in [1.29, 1.82) is 0 Å². The lowest BCUT2D eigenvalue weighted by Crippen LogP contribution is -2.33. The van der Waals surface area contributed by atoms with Crippen molar-refractivity contribution in [2.45, 2.75) is 31.8 Å². The second-order valence-electron chi connectivity index (χ2n) is 3.53. The fraction of sp³-hybridized carbons (Fsp3) is 1.00. The molecule has 10 heavy (non-hydrogen) atoms. The van der Waals surface area contributed by atoms with Crippen molar-refractivity contribution in [2.75, 3.05) is 13.1 Å². The van der Waals surface area contributed by atoms with Crippen LogP contribution in [-0.2, 0) is 0 Å². The van der Waals surface area contributed by atoms with Crippen LogP contribution in [0.2, 0.25) is 0 Å². The summed E-state index contributed by atoms with van der Waals surface area (Å²) in [4.78, 5) is 0. The molecule has 0 bridgehead atoms. The maximum Gasteiger partial charge on any atom is 0.0235 e. The molecule has 2 rings (SSSR count). The molecule has 0 aromatic rings. The second kappa shape index (κ2) is 2.51. The van der Waals surface area contributed by atoms with Gasteiger partial charge in [-0.1, -0.05) is 6.92 Å². The molecule has 2 nitrogen and oxygen atoms in total. The highest BCUT2D eigenvalue weighted by Crippen LogP contribution is 2.24.